The summed E-state index contributed by atoms with van der Waals surface area (Å²) in [7, 11) is -0.791. The van der Waals surface area contributed by atoms with E-state index in [1.165, 1.54) is 36.9 Å². The molecule has 0 aliphatic carbocycles. The van der Waals surface area contributed by atoms with Gasteiger partial charge < -0.3 is 14.4 Å². The number of sulfonamides is 1. The van der Waals surface area contributed by atoms with E-state index < -0.39 is 10.0 Å². The number of ether oxygens (including phenoxy) is 2. The molecule has 0 unspecified atom stereocenters. The summed E-state index contributed by atoms with van der Waals surface area (Å²) in [6, 6.07) is 7.70. The van der Waals surface area contributed by atoms with Crippen LogP contribution in [-0.4, -0.2) is 68.9 Å². The van der Waals surface area contributed by atoms with Gasteiger partial charge in [-0.05, 0) is 24.3 Å². The lowest BCUT2D eigenvalue weighted by Crippen LogP contribution is -2.50. The highest BCUT2D eigenvalue weighted by Gasteiger charge is 2.31. The van der Waals surface area contributed by atoms with Crippen LogP contribution in [0.1, 0.15) is 10.4 Å². The second-order valence-corrected chi connectivity index (χ2v) is 8.35. The second kappa shape index (κ2) is 8.34. The van der Waals surface area contributed by atoms with Gasteiger partial charge in [-0.2, -0.15) is 4.31 Å². The van der Waals surface area contributed by atoms with Crippen LogP contribution in [0.2, 0.25) is 5.15 Å². The first-order valence-electron chi connectivity index (χ1n) is 8.50. The first-order chi connectivity index (χ1) is 13.4. The third kappa shape index (κ3) is 3.91. The third-order valence-electron chi connectivity index (χ3n) is 4.51. The lowest BCUT2D eigenvalue weighted by molar-refractivity contribution is 0.0697. The smallest absolute Gasteiger partial charge is 0.257 e. The molecule has 1 saturated heterocycles. The van der Waals surface area contributed by atoms with Crippen LogP contribution in [0.4, 0.5) is 0 Å². The van der Waals surface area contributed by atoms with Crippen molar-refractivity contribution in [3.8, 4) is 11.5 Å². The largest absolute Gasteiger partial charge is 0.493 e. The first kappa shape index (κ1) is 20.4. The number of amides is 1. The van der Waals surface area contributed by atoms with Crippen LogP contribution >= 0.6 is 11.6 Å². The molecule has 1 fully saturated rings. The summed E-state index contributed by atoms with van der Waals surface area (Å²) in [5.41, 5.74) is 0.306. The SMILES string of the molecule is COc1ccc(S(=O)(=O)N2CCN(C(=O)c3cccnc3Cl)CC2)cc1OC. The summed E-state index contributed by atoms with van der Waals surface area (Å²) < 4.78 is 37.6. The number of nitrogens with zero attached hydrogens (tertiary/aromatic N) is 3. The van der Waals surface area contributed by atoms with E-state index in [0.717, 1.165) is 0 Å². The summed E-state index contributed by atoms with van der Waals surface area (Å²) >= 11 is 5.99. The number of halogens is 1. The standard InChI is InChI=1S/C18H20ClN3O5S/c1-26-15-6-5-13(12-16(15)27-2)28(24,25)22-10-8-21(9-11-22)18(23)14-4-3-7-20-17(14)19/h3-7,12H,8-11H2,1-2H3. The van der Waals surface area contributed by atoms with Crippen molar-refractivity contribution >= 4 is 27.5 Å². The topological polar surface area (TPSA) is 89.0 Å². The number of benzene rings is 1. The number of carbonyl (C=O) groups is 1. The van der Waals surface area contributed by atoms with Gasteiger partial charge >= 0.3 is 0 Å². The fourth-order valence-corrected chi connectivity index (χ4v) is 4.61. The number of hydrogen-bond donors (Lipinski definition) is 0. The summed E-state index contributed by atoms with van der Waals surface area (Å²) in [6.07, 6.45) is 1.51. The molecule has 0 spiro atoms. The average Bonchev–Trinajstić information content (AvgIpc) is 2.73. The van der Waals surface area contributed by atoms with Crippen molar-refractivity contribution in [1.82, 2.24) is 14.2 Å². The number of carbonyl (C=O) groups excluding carboxylic acids is 1. The number of piperazine rings is 1. The summed E-state index contributed by atoms with van der Waals surface area (Å²) in [5, 5.41) is 0.132. The first-order valence-corrected chi connectivity index (χ1v) is 10.3. The highest BCUT2D eigenvalue weighted by Crippen LogP contribution is 2.31. The summed E-state index contributed by atoms with van der Waals surface area (Å²) in [6.45, 7) is 0.883. The number of hydrogen-bond acceptors (Lipinski definition) is 6. The maximum atomic E-state index is 13.0. The van der Waals surface area contributed by atoms with Crippen LogP contribution < -0.4 is 9.47 Å². The van der Waals surface area contributed by atoms with Crippen molar-refractivity contribution in [2.75, 3.05) is 40.4 Å². The molecule has 8 nitrogen and oxygen atoms in total. The Bertz CT molecular complexity index is 975. The molecular weight excluding hydrogens is 406 g/mol. The fraction of sp³-hybridized carbons (Fsp3) is 0.333. The van der Waals surface area contributed by atoms with E-state index in [4.69, 9.17) is 21.1 Å². The molecule has 0 saturated carbocycles. The van der Waals surface area contributed by atoms with Gasteiger partial charge in [-0.1, -0.05) is 11.6 Å². The van der Waals surface area contributed by atoms with Crippen LogP contribution in [0.5, 0.6) is 11.5 Å². The molecule has 10 heteroatoms. The van der Waals surface area contributed by atoms with Crippen LogP contribution in [0.25, 0.3) is 0 Å². The molecule has 2 aromatic rings. The van der Waals surface area contributed by atoms with Gasteiger partial charge in [0.05, 0.1) is 24.7 Å². The van der Waals surface area contributed by atoms with Gasteiger partial charge in [-0.15, -0.1) is 0 Å². The molecule has 0 N–H and O–H groups in total. The van der Waals surface area contributed by atoms with Gasteiger partial charge in [0.2, 0.25) is 10.0 Å². The van der Waals surface area contributed by atoms with Gasteiger partial charge in [0.25, 0.3) is 5.91 Å². The average molecular weight is 426 g/mol. The molecule has 0 bridgehead atoms. The van der Waals surface area contributed by atoms with E-state index in [1.54, 1.807) is 23.1 Å². The van der Waals surface area contributed by atoms with Gasteiger partial charge in [-0.25, -0.2) is 13.4 Å². The van der Waals surface area contributed by atoms with Crippen molar-refractivity contribution in [2.45, 2.75) is 4.90 Å². The molecule has 1 aliphatic heterocycles. The Morgan fingerprint density at radius 2 is 1.75 bits per heavy atom. The Hall–Kier alpha value is -2.36. The highest BCUT2D eigenvalue weighted by atomic mass is 35.5. The molecule has 0 radical (unpaired) electrons. The van der Waals surface area contributed by atoms with E-state index in [9.17, 15) is 13.2 Å². The maximum Gasteiger partial charge on any atom is 0.257 e. The van der Waals surface area contributed by atoms with Crippen LogP contribution in [-0.2, 0) is 10.0 Å². The maximum absolute atomic E-state index is 13.0. The molecule has 28 heavy (non-hydrogen) atoms. The zero-order valence-corrected chi connectivity index (χ0v) is 17.0. The van der Waals surface area contributed by atoms with Crippen molar-refractivity contribution in [3.63, 3.8) is 0 Å². The fourth-order valence-electron chi connectivity index (χ4n) is 2.97. The lowest BCUT2D eigenvalue weighted by atomic mass is 10.2. The Kier molecular flexibility index (Phi) is 6.07. The van der Waals surface area contributed by atoms with Crippen LogP contribution in [0.15, 0.2) is 41.4 Å². The van der Waals surface area contributed by atoms with Crippen molar-refractivity contribution in [2.24, 2.45) is 0 Å². The number of methoxy groups -OCH3 is 2. The molecule has 3 rings (SSSR count). The number of pyridine rings is 1. The summed E-state index contributed by atoms with van der Waals surface area (Å²) in [4.78, 5) is 18.2. The molecule has 2 heterocycles. The van der Waals surface area contributed by atoms with Crippen LogP contribution in [0.3, 0.4) is 0 Å². The van der Waals surface area contributed by atoms with Crippen LogP contribution in [0, 0.1) is 0 Å². The van der Waals surface area contributed by atoms with E-state index in [0.29, 0.717) is 17.1 Å². The van der Waals surface area contributed by atoms with Gasteiger partial charge in [0, 0.05) is 38.4 Å². The molecule has 150 valence electrons. The second-order valence-electron chi connectivity index (χ2n) is 6.05. The number of rotatable bonds is 5. The van der Waals surface area contributed by atoms with E-state index in [-0.39, 0.29) is 42.1 Å². The molecular formula is C18H20ClN3O5S. The lowest BCUT2D eigenvalue weighted by Gasteiger charge is -2.34. The monoisotopic (exact) mass is 425 g/mol. The Labute approximate surface area is 168 Å². The van der Waals surface area contributed by atoms with E-state index in [2.05, 4.69) is 4.98 Å². The quantitative estimate of drug-likeness (QED) is 0.680. The Morgan fingerprint density at radius 3 is 2.36 bits per heavy atom. The molecule has 1 aromatic heterocycles. The van der Waals surface area contributed by atoms with Gasteiger partial charge in [-0.3, -0.25) is 4.79 Å². The highest BCUT2D eigenvalue weighted by molar-refractivity contribution is 7.89. The minimum Gasteiger partial charge on any atom is -0.493 e. The zero-order chi connectivity index (χ0) is 20.3. The minimum atomic E-state index is -3.72. The molecule has 1 amide bonds. The molecule has 0 atom stereocenters. The van der Waals surface area contributed by atoms with Crippen molar-refractivity contribution in [1.29, 1.82) is 0 Å². The third-order valence-corrected chi connectivity index (χ3v) is 6.70. The van der Waals surface area contributed by atoms with E-state index in [1.807, 2.05) is 0 Å². The summed E-state index contributed by atoms with van der Waals surface area (Å²) in [5.74, 6) is 0.523. The molecule has 1 aromatic carbocycles. The predicted molar refractivity (Wildman–Crippen MR) is 103 cm³/mol. The Balaban J connectivity index is 1.74. The molecule has 1 aliphatic rings. The zero-order valence-electron chi connectivity index (χ0n) is 15.5. The van der Waals surface area contributed by atoms with Gasteiger partial charge in [0.1, 0.15) is 5.15 Å². The number of aromatic nitrogens is 1. The van der Waals surface area contributed by atoms with Crippen molar-refractivity contribution in [3.05, 3.63) is 47.2 Å². The van der Waals surface area contributed by atoms with Crippen molar-refractivity contribution < 1.29 is 22.7 Å². The Morgan fingerprint density at radius 1 is 1.07 bits per heavy atom. The normalized spacial score (nSPS) is 15.3. The predicted octanol–water partition coefficient (Wildman–Crippen LogP) is 1.90. The minimum absolute atomic E-state index is 0.111. The van der Waals surface area contributed by atoms with E-state index >= 15 is 0 Å². The van der Waals surface area contributed by atoms with Gasteiger partial charge in [0.15, 0.2) is 11.5 Å².